The van der Waals surface area contributed by atoms with E-state index in [2.05, 4.69) is 30.6 Å². The Morgan fingerprint density at radius 1 is 1.24 bits per heavy atom. The van der Waals surface area contributed by atoms with Crippen LogP contribution in [0.4, 0.5) is 10.6 Å². The number of nitrogens with zero attached hydrogens (tertiary/aromatic N) is 3. The van der Waals surface area contributed by atoms with Gasteiger partial charge in [-0.15, -0.1) is 0 Å². The number of hydrogen-bond acceptors (Lipinski definition) is 4. The van der Waals surface area contributed by atoms with Crippen LogP contribution >= 0.6 is 0 Å². The van der Waals surface area contributed by atoms with Crippen molar-refractivity contribution in [3.05, 3.63) is 48.5 Å². The first-order valence-electron chi connectivity index (χ1n) is 6.56. The summed E-state index contributed by atoms with van der Waals surface area (Å²) in [5.74, 6) is 0.414. The second-order valence-electron chi connectivity index (χ2n) is 4.42. The topological polar surface area (TPSA) is 95.6 Å². The van der Waals surface area contributed by atoms with Crippen molar-refractivity contribution >= 4 is 23.0 Å². The molecule has 0 aliphatic rings. The lowest BCUT2D eigenvalue weighted by molar-refractivity contribution is 0.252. The van der Waals surface area contributed by atoms with Gasteiger partial charge >= 0.3 is 6.03 Å². The van der Waals surface area contributed by atoms with E-state index in [1.165, 1.54) is 6.20 Å². The van der Waals surface area contributed by atoms with Gasteiger partial charge in [0.15, 0.2) is 11.5 Å². The third-order valence-corrected chi connectivity index (χ3v) is 2.90. The van der Waals surface area contributed by atoms with Gasteiger partial charge in [0.2, 0.25) is 0 Å². The van der Waals surface area contributed by atoms with Crippen LogP contribution in [0.15, 0.2) is 42.9 Å². The minimum atomic E-state index is -0.310. The predicted octanol–water partition coefficient (Wildman–Crippen LogP) is 1.72. The maximum atomic E-state index is 11.8. The van der Waals surface area contributed by atoms with E-state index in [1.54, 1.807) is 18.5 Å². The molecule has 0 unspecified atom stereocenters. The molecule has 3 heterocycles. The van der Waals surface area contributed by atoms with Crippen molar-refractivity contribution in [1.29, 1.82) is 0 Å². The van der Waals surface area contributed by atoms with Gasteiger partial charge in [-0.05, 0) is 18.2 Å². The van der Waals surface area contributed by atoms with Crippen molar-refractivity contribution < 1.29 is 4.79 Å². The molecule has 0 aliphatic carbocycles. The first kappa shape index (κ1) is 13.0. The first-order chi connectivity index (χ1) is 10.3. The molecule has 3 rings (SSSR count). The number of urea groups is 1. The highest BCUT2D eigenvalue weighted by molar-refractivity contribution is 5.89. The van der Waals surface area contributed by atoms with E-state index < -0.39 is 0 Å². The van der Waals surface area contributed by atoms with Gasteiger partial charge in [0.1, 0.15) is 5.52 Å². The fourth-order valence-corrected chi connectivity index (χ4v) is 1.90. The molecule has 21 heavy (non-hydrogen) atoms. The number of fused-ring (bicyclic) bond motifs is 1. The molecule has 3 aromatic heterocycles. The van der Waals surface area contributed by atoms with Crippen LogP contribution in [0.25, 0.3) is 11.2 Å². The Balaban J connectivity index is 1.51. The van der Waals surface area contributed by atoms with Crippen LogP contribution in [-0.4, -0.2) is 32.5 Å². The molecule has 0 aromatic carbocycles. The van der Waals surface area contributed by atoms with Gasteiger partial charge in [-0.25, -0.2) is 14.8 Å². The van der Waals surface area contributed by atoms with E-state index in [0.29, 0.717) is 29.9 Å². The van der Waals surface area contributed by atoms with Crippen LogP contribution in [0.2, 0.25) is 0 Å². The van der Waals surface area contributed by atoms with E-state index in [-0.39, 0.29) is 6.03 Å². The van der Waals surface area contributed by atoms with E-state index >= 15 is 0 Å². The van der Waals surface area contributed by atoms with Crippen LogP contribution in [0.5, 0.6) is 0 Å². The third kappa shape index (κ3) is 3.33. The normalized spacial score (nSPS) is 10.5. The standard InChI is InChI=1S/C14H14N6O/c21-14(17-7-4-10-3-1-2-6-15-10)20-12-9-18-13-11(19-12)5-8-16-13/h1-3,5-6,8-9H,4,7H2,(H,16,18)(H2,17,19,20,21). The molecule has 7 heteroatoms. The number of carbonyl (C=O) groups excluding carboxylic acids is 1. The fraction of sp³-hybridized carbons (Fsp3) is 0.143. The van der Waals surface area contributed by atoms with Crippen molar-refractivity contribution in [3.8, 4) is 0 Å². The van der Waals surface area contributed by atoms with Gasteiger partial charge in [0, 0.05) is 31.1 Å². The number of carbonyl (C=O) groups is 1. The lowest BCUT2D eigenvalue weighted by atomic mass is 10.3. The van der Waals surface area contributed by atoms with Crippen molar-refractivity contribution in [3.63, 3.8) is 0 Å². The third-order valence-electron chi connectivity index (χ3n) is 2.90. The predicted molar refractivity (Wildman–Crippen MR) is 78.9 cm³/mol. The van der Waals surface area contributed by atoms with Gasteiger partial charge in [-0.3, -0.25) is 10.3 Å². The lowest BCUT2D eigenvalue weighted by Crippen LogP contribution is -2.30. The number of nitrogens with one attached hydrogen (secondary N) is 3. The molecular weight excluding hydrogens is 268 g/mol. The Bertz CT molecular complexity index is 739. The molecule has 7 nitrogen and oxygen atoms in total. The van der Waals surface area contributed by atoms with E-state index in [0.717, 1.165) is 5.69 Å². The molecule has 3 N–H and O–H groups in total. The van der Waals surface area contributed by atoms with E-state index in [9.17, 15) is 4.79 Å². The second-order valence-corrected chi connectivity index (χ2v) is 4.42. The van der Waals surface area contributed by atoms with Gasteiger partial charge in [0.05, 0.1) is 6.20 Å². The molecule has 3 aromatic rings. The summed E-state index contributed by atoms with van der Waals surface area (Å²) in [5.41, 5.74) is 2.34. The maximum absolute atomic E-state index is 11.8. The van der Waals surface area contributed by atoms with Crippen molar-refractivity contribution in [2.45, 2.75) is 6.42 Å². The molecule has 0 atom stereocenters. The SMILES string of the molecule is O=C(NCCc1ccccn1)Nc1cnc2[nH]ccc2n1. The largest absolute Gasteiger partial charge is 0.345 e. The molecule has 2 amide bonds. The van der Waals surface area contributed by atoms with Crippen molar-refractivity contribution in [2.24, 2.45) is 0 Å². The Morgan fingerprint density at radius 3 is 3.05 bits per heavy atom. The Labute approximate surface area is 120 Å². The monoisotopic (exact) mass is 282 g/mol. The summed E-state index contributed by atoms with van der Waals surface area (Å²) in [7, 11) is 0. The summed E-state index contributed by atoms with van der Waals surface area (Å²) in [4.78, 5) is 27.3. The minimum absolute atomic E-state index is 0.310. The average molecular weight is 282 g/mol. The number of anilines is 1. The molecule has 0 aliphatic heterocycles. The highest BCUT2D eigenvalue weighted by Gasteiger charge is 2.05. The maximum Gasteiger partial charge on any atom is 0.320 e. The summed E-state index contributed by atoms with van der Waals surface area (Å²) in [6, 6.07) is 7.19. The van der Waals surface area contributed by atoms with Crippen LogP contribution in [-0.2, 0) is 6.42 Å². The van der Waals surface area contributed by atoms with Crippen LogP contribution in [0.3, 0.4) is 0 Å². The average Bonchev–Trinajstić information content (AvgIpc) is 2.96. The summed E-state index contributed by atoms with van der Waals surface area (Å²) in [6.45, 7) is 0.503. The number of pyridine rings is 1. The molecule has 0 radical (unpaired) electrons. The molecule has 0 spiro atoms. The molecule has 0 saturated heterocycles. The summed E-state index contributed by atoms with van der Waals surface area (Å²) in [6.07, 6.45) is 5.67. The van der Waals surface area contributed by atoms with Crippen LogP contribution in [0.1, 0.15) is 5.69 Å². The van der Waals surface area contributed by atoms with Crippen molar-refractivity contribution in [1.82, 2.24) is 25.3 Å². The number of hydrogen-bond donors (Lipinski definition) is 3. The van der Waals surface area contributed by atoms with E-state index in [1.807, 2.05) is 18.2 Å². The molecule has 0 saturated carbocycles. The summed E-state index contributed by atoms with van der Waals surface area (Å²) in [5, 5.41) is 5.41. The van der Waals surface area contributed by atoms with Crippen LogP contribution < -0.4 is 10.6 Å². The van der Waals surface area contributed by atoms with Gasteiger partial charge in [-0.2, -0.15) is 0 Å². The second kappa shape index (κ2) is 6.00. The Morgan fingerprint density at radius 2 is 2.19 bits per heavy atom. The first-order valence-corrected chi connectivity index (χ1v) is 6.56. The number of aromatic amines is 1. The number of H-pyrrole nitrogens is 1. The van der Waals surface area contributed by atoms with Gasteiger partial charge < -0.3 is 10.3 Å². The zero-order valence-corrected chi connectivity index (χ0v) is 11.2. The summed E-state index contributed by atoms with van der Waals surface area (Å²) < 4.78 is 0. The number of aromatic nitrogens is 4. The van der Waals surface area contributed by atoms with E-state index in [4.69, 9.17) is 0 Å². The zero-order chi connectivity index (χ0) is 14.5. The number of rotatable bonds is 4. The molecule has 106 valence electrons. The van der Waals surface area contributed by atoms with Crippen molar-refractivity contribution in [2.75, 3.05) is 11.9 Å². The minimum Gasteiger partial charge on any atom is -0.345 e. The zero-order valence-electron chi connectivity index (χ0n) is 11.2. The quantitative estimate of drug-likeness (QED) is 0.679. The molecule has 0 fully saturated rings. The highest BCUT2D eigenvalue weighted by Crippen LogP contribution is 2.09. The summed E-state index contributed by atoms with van der Waals surface area (Å²) >= 11 is 0. The lowest BCUT2D eigenvalue weighted by Gasteiger charge is -2.06. The number of amides is 2. The van der Waals surface area contributed by atoms with Crippen LogP contribution in [0, 0.1) is 0 Å². The van der Waals surface area contributed by atoms with Gasteiger partial charge in [0.25, 0.3) is 0 Å². The molecular formula is C14H14N6O. The molecule has 0 bridgehead atoms. The van der Waals surface area contributed by atoms with Gasteiger partial charge in [-0.1, -0.05) is 6.07 Å². The Kier molecular flexibility index (Phi) is 3.72. The Hall–Kier alpha value is -2.96. The smallest absolute Gasteiger partial charge is 0.320 e. The highest BCUT2D eigenvalue weighted by atomic mass is 16.2. The fourth-order valence-electron chi connectivity index (χ4n) is 1.90.